The molecule has 1 unspecified atom stereocenters. The molecule has 1 heterocycles. The number of carbonyl (C=O) groups excluding carboxylic acids is 1. The number of nitrogens with zero attached hydrogens (tertiary/aromatic N) is 1. The second-order valence-corrected chi connectivity index (χ2v) is 9.27. The van der Waals surface area contributed by atoms with E-state index in [1.54, 1.807) is 18.3 Å². The second kappa shape index (κ2) is 8.65. The first-order valence-corrected chi connectivity index (χ1v) is 11.6. The zero-order valence-electron chi connectivity index (χ0n) is 17.7. The van der Waals surface area contributed by atoms with Gasteiger partial charge in [-0.3, -0.25) is 9.78 Å². The third kappa shape index (κ3) is 4.03. The van der Waals surface area contributed by atoms with Crippen molar-refractivity contribution in [3.8, 4) is 39.3 Å². The first-order valence-electron chi connectivity index (χ1n) is 10.5. The highest BCUT2D eigenvalue weighted by molar-refractivity contribution is 9.10. The van der Waals surface area contributed by atoms with Gasteiger partial charge in [-0.25, -0.2) is 0 Å². The first kappa shape index (κ1) is 21.7. The van der Waals surface area contributed by atoms with Crippen molar-refractivity contribution in [3.05, 3.63) is 93.5 Å². The Bertz CT molecular complexity index is 1390. The Kier molecular flexibility index (Phi) is 5.69. The van der Waals surface area contributed by atoms with Crippen LogP contribution in [0.5, 0.6) is 5.75 Å². The van der Waals surface area contributed by atoms with E-state index >= 15 is 0 Å². The molecule has 164 valence electrons. The van der Waals surface area contributed by atoms with Crippen LogP contribution in [0.3, 0.4) is 0 Å². The van der Waals surface area contributed by atoms with Crippen molar-refractivity contribution in [2.75, 3.05) is 0 Å². The van der Waals surface area contributed by atoms with E-state index in [-0.39, 0.29) is 11.7 Å². The van der Waals surface area contributed by atoms with Crippen LogP contribution >= 0.6 is 27.5 Å². The number of ether oxygens (including phenoxy) is 1. The van der Waals surface area contributed by atoms with Gasteiger partial charge < -0.3 is 9.84 Å². The van der Waals surface area contributed by atoms with Gasteiger partial charge in [0.2, 0.25) is 0 Å². The smallest absolute Gasteiger partial charge is 0.303 e. The van der Waals surface area contributed by atoms with Crippen LogP contribution in [0.1, 0.15) is 24.2 Å². The Morgan fingerprint density at radius 1 is 1.06 bits per heavy atom. The molecule has 0 bridgehead atoms. The largest absolute Gasteiger partial charge is 0.507 e. The number of benzene rings is 3. The monoisotopic (exact) mass is 519 g/mol. The number of aromatic nitrogens is 1. The zero-order valence-corrected chi connectivity index (χ0v) is 20.0. The van der Waals surface area contributed by atoms with Gasteiger partial charge in [0, 0.05) is 45.7 Å². The van der Waals surface area contributed by atoms with Gasteiger partial charge in [-0.15, -0.1) is 0 Å². The Labute approximate surface area is 205 Å². The van der Waals surface area contributed by atoms with E-state index in [4.69, 9.17) is 16.3 Å². The van der Waals surface area contributed by atoms with Crippen LogP contribution in [0.2, 0.25) is 5.02 Å². The van der Waals surface area contributed by atoms with Crippen molar-refractivity contribution < 1.29 is 14.6 Å². The lowest BCUT2D eigenvalue weighted by atomic mass is 9.77. The summed E-state index contributed by atoms with van der Waals surface area (Å²) in [5.74, 6) is -0.238. The molecule has 4 nitrogen and oxygen atoms in total. The van der Waals surface area contributed by atoms with Crippen LogP contribution in [0.4, 0.5) is 0 Å². The zero-order chi connectivity index (χ0) is 23.1. The lowest BCUT2D eigenvalue weighted by Gasteiger charge is -2.31. The molecule has 1 N–H and O–H groups in total. The summed E-state index contributed by atoms with van der Waals surface area (Å²) in [4.78, 5) is 16.6. The Hall–Kier alpha value is -3.15. The molecular weight excluding hydrogens is 502 g/mol. The quantitative estimate of drug-likeness (QED) is 0.287. The Morgan fingerprint density at radius 3 is 2.55 bits per heavy atom. The summed E-state index contributed by atoms with van der Waals surface area (Å²) >= 11 is 9.71. The molecule has 0 amide bonds. The molecular formula is C27H19BrClNO3. The second-order valence-electron chi connectivity index (χ2n) is 7.92. The molecule has 0 fully saturated rings. The molecule has 1 atom stereocenters. The molecule has 3 aromatic carbocycles. The van der Waals surface area contributed by atoms with E-state index in [0.717, 1.165) is 43.5 Å². The minimum absolute atomic E-state index is 0.139. The number of carbonyl (C=O) groups is 1. The minimum atomic E-state index is -0.559. The van der Waals surface area contributed by atoms with Gasteiger partial charge in [0.15, 0.2) is 0 Å². The molecule has 33 heavy (non-hydrogen) atoms. The predicted molar refractivity (Wildman–Crippen MR) is 133 cm³/mol. The number of phenolic OH excluding ortho intramolecular Hbond substituents is 1. The normalized spacial score (nSPS) is 14.3. The number of fused-ring (bicyclic) bond motifs is 3. The van der Waals surface area contributed by atoms with E-state index in [1.807, 2.05) is 54.6 Å². The summed E-state index contributed by atoms with van der Waals surface area (Å²) in [7, 11) is 0. The van der Waals surface area contributed by atoms with Crippen molar-refractivity contribution in [2.45, 2.75) is 19.4 Å². The summed E-state index contributed by atoms with van der Waals surface area (Å²) in [5, 5.41) is 11.6. The molecule has 0 aliphatic heterocycles. The van der Waals surface area contributed by atoms with Gasteiger partial charge in [-0.05, 0) is 52.6 Å². The molecule has 6 heteroatoms. The molecule has 1 aromatic heterocycles. The molecule has 0 saturated heterocycles. The number of hydrogen-bond acceptors (Lipinski definition) is 4. The van der Waals surface area contributed by atoms with Crippen molar-refractivity contribution in [1.82, 2.24) is 4.98 Å². The third-order valence-electron chi connectivity index (χ3n) is 5.84. The number of hydrogen-bond donors (Lipinski definition) is 1. The standard InChI is InChI=1S/C27H19BrClNO3/c1-15(31)33-25-14-22-20(23-13-18(29)11-12-30-23)3-2-4-21(22)26-24(32)10-9-19(27(25)26)16-5-7-17(28)8-6-16/h2-13,25,32H,14H2,1H3. The number of phenols is 1. The number of pyridine rings is 1. The van der Waals surface area contributed by atoms with Crippen LogP contribution in [0.25, 0.3) is 33.5 Å². The average Bonchev–Trinajstić information content (AvgIpc) is 2.79. The fourth-order valence-corrected chi connectivity index (χ4v) is 4.95. The van der Waals surface area contributed by atoms with Crippen LogP contribution in [-0.2, 0) is 16.0 Å². The van der Waals surface area contributed by atoms with E-state index in [1.165, 1.54) is 6.92 Å². The highest BCUT2D eigenvalue weighted by Crippen LogP contribution is 2.50. The maximum absolute atomic E-state index is 12.1. The first-order chi connectivity index (χ1) is 15.9. The molecule has 5 rings (SSSR count). The average molecular weight is 521 g/mol. The van der Waals surface area contributed by atoms with E-state index in [0.29, 0.717) is 17.0 Å². The van der Waals surface area contributed by atoms with Gasteiger partial charge >= 0.3 is 5.97 Å². The summed E-state index contributed by atoms with van der Waals surface area (Å²) in [6.07, 6.45) is 1.57. The molecule has 1 aliphatic carbocycles. The fraction of sp³-hybridized carbons (Fsp3) is 0.111. The third-order valence-corrected chi connectivity index (χ3v) is 6.61. The predicted octanol–water partition coefficient (Wildman–Crippen LogP) is 7.36. The van der Waals surface area contributed by atoms with Crippen LogP contribution in [0.15, 0.2) is 77.4 Å². The number of halogens is 2. The summed E-state index contributed by atoms with van der Waals surface area (Å²) in [6, 6.07) is 21.0. The van der Waals surface area contributed by atoms with E-state index < -0.39 is 6.10 Å². The highest BCUT2D eigenvalue weighted by atomic mass is 79.9. The maximum atomic E-state index is 12.1. The lowest BCUT2D eigenvalue weighted by Crippen LogP contribution is -2.18. The van der Waals surface area contributed by atoms with Gasteiger partial charge in [0.25, 0.3) is 0 Å². The lowest BCUT2D eigenvalue weighted by molar-refractivity contribution is -0.146. The van der Waals surface area contributed by atoms with Crippen LogP contribution in [0, 0.1) is 0 Å². The van der Waals surface area contributed by atoms with Gasteiger partial charge in [0.1, 0.15) is 11.9 Å². The minimum Gasteiger partial charge on any atom is -0.507 e. The van der Waals surface area contributed by atoms with Crippen molar-refractivity contribution in [3.63, 3.8) is 0 Å². The molecule has 0 radical (unpaired) electrons. The van der Waals surface area contributed by atoms with E-state index in [9.17, 15) is 9.90 Å². The van der Waals surface area contributed by atoms with E-state index in [2.05, 4.69) is 20.9 Å². The summed E-state index contributed by atoms with van der Waals surface area (Å²) in [5.41, 5.74) is 6.84. The SMILES string of the molecule is CC(=O)OC1Cc2c(-c3cc(Cl)ccn3)cccc2-c2c(O)ccc(-c3ccc(Br)cc3)c21. The Balaban J connectivity index is 1.79. The van der Waals surface area contributed by atoms with Crippen molar-refractivity contribution in [1.29, 1.82) is 0 Å². The topological polar surface area (TPSA) is 59.4 Å². The van der Waals surface area contributed by atoms with Crippen LogP contribution < -0.4 is 0 Å². The molecule has 1 aliphatic rings. The summed E-state index contributed by atoms with van der Waals surface area (Å²) in [6.45, 7) is 1.40. The number of rotatable bonds is 3. The van der Waals surface area contributed by atoms with Gasteiger partial charge in [0.05, 0.1) is 5.69 Å². The fourth-order valence-electron chi connectivity index (χ4n) is 4.53. The maximum Gasteiger partial charge on any atom is 0.303 e. The molecule has 0 spiro atoms. The van der Waals surface area contributed by atoms with Crippen molar-refractivity contribution >= 4 is 33.5 Å². The van der Waals surface area contributed by atoms with Gasteiger partial charge in [-0.2, -0.15) is 0 Å². The molecule has 4 aromatic rings. The number of esters is 1. The highest BCUT2D eigenvalue weighted by Gasteiger charge is 2.33. The van der Waals surface area contributed by atoms with Crippen LogP contribution in [-0.4, -0.2) is 16.1 Å². The Morgan fingerprint density at radius 2 is 1.82 bits per heavy atom. The summed E-state index contributed by atoms with van der Waals surface area (Å²) < 4.78 is 6.80. The number of aromatic hydroxyl groups is 1. The van der Waals surface area contributed by atoms with Crippen molar-refractivity contribution in [2.24, 2.45) is 0 Å². The van der Waals surface area contributed by atoms with Gasteiger partial charge in [-0.1, -0.05) is 63.9 Å². The molecule has 0 saturated carbocycles.